The van der Waals surface area contributed by atoms with Crippen molar-refractivity contribution in [3.05, 3.63) is 77.5 Å². The number of likely N-dealkylation sites (tertiary alicyclic amines) is 1. The van der Waals surface area contributed by atoms with Gasteiger partial charge in [0.25, 0.3) is 0 Å². The van der Waals surface area contributed by atoms with Crippen LogP contribution in [-0.4, -0.2) is 40.1 Å². The molecule has 3 aliphatic rings. The quantitative estimate of drug-likeness (QED) is 0.715. The fourth-order valence-electron chi connectivity index (χ4n) is 4.98. The molecule has 6 nitrogen and oxygen atoms in total. The van der Waals surface area contributed by atoms with Gasteiger partial charge < -0.3 is 15.4 Å². The second kappa shape index (κ2) is 8.13. The number of piperidine rings is 1. The topological polar surface area (TPSA) is 67.8 Å². The number of nitrogens with zero attached hydrogens (tertiary/aromatic N) is 2. The summed E-state index contributed by atoms with van der Waals surface area (Å²) < 4.78 is 0. The van der Waals surface area contributed by atoms with Gasteiger partial charge in [-0.3, -0.25) is 9.80 Å². The van der Waals surface area contributed by atoms with Crippen LogP contribution in [0.5, 0.6) is 0 Å². The van der Waals surface area contributed by atoms with Crippen molar-refractivity contribution >= 4 is 11.6 Å². The second-order valence-electron chi connectivity index (χ2n) is 8.44. The van der Waals surface area contributed by atoms with Crippen molar-refractivity contribution in [3.63, 3.8) is 0 Å². The largest absolute Gasteiger partial charge is 0.393 e. The summed E-state index contributed by atoms with van der Waals surface area (Å²) in [6.45, 7) is 1.45. The number of hydrazine groups is 2. The maximum atomic E-state index is 12.6. The summed E-state index contributed by atoms with van der Waals surface area (Å²) >= 11 is 0. The Labute approximate surface area is 177 Å². The van der Waals surface area contributed by atoms with Gasteiger partial charge in [-0.15, -0.1) is 5.53 Å². The lowest BCUT2D eigenvalue weighted by Gasteiger charge is -2.36. The van der Waals surface area contributed by atoms with Crippen LogP contribution in [0.4, 0.5) is 0 Å². The fourth-order valence-corrected chi connectivity index (χ4v) is 4.98. The number of benzene rings is 2. The van der Waals surface area contributed by atoms with E-state index in [1.54, 1.807) is 0 Å². The molecule has 0 spiro atoms. The highest BCUT2D eigenvalue weighted by molar-refractivity contribution is 5.78. The van der Waals surface area contributed by atoms with E-state index in [9.17, 15) is 9.90 Å². The lowest BCUT2D eigenvalue weighted by molar-refractivity contribution is -0.132. The summed E-state index contributed by atoms with van der Waals surface area (Å²) in [5.41, 5.74) is 10.9. The Kier molecular flexibility index (Phi) is 5.19. The number of nitrogens with one attached hydrogen (secondary N) is 2. The lowest BCUT2D eigenvalue weighted by Crippen LogP contribution is -2.43. The molecule has 2 atom stereocenters. The van der Waals surface area contributed by atoms with Gasteiger partial charge in [0, 0.05) is 24.9 Å². The average Bonchev–Trinajstić information content (AvgIpc) is 3.37. The van der Waals surface area contributed by atoms with Gasteiger partial charge in [-0.25, -0.2) is 0 Å². The summed E-state index contributed by atoms with van der Waals surface area (Å²) in [4.78, 5) is 14.6. The molecule has 3 heterocycles. The molecule has 3 aliphatic heterocycles. The van der Waals surface area contributed by atoms with Crippen LogP contribution in [0.15, 0.2) is 60.8 Å². The number of aliphatic hydroxyl groups excluding tert-OH is 1. The SMILES string of the molecule is O=C(Cc1ccccc1)N1CCC(C(O)CC2c3ccccc3C3=CNNN32)CC1. The maximum Gasteiger partial charge on any atom is 0.226 e. The minimum Gasteiger partial charge on any atom is -0.393 e. The van der Waals surface area contributed by atoms with E-state index in [-0.39, 0.29) is 17.9 Å². The van der Waals surface area contributed by atoms with Crippen molar-refractivity contribution < 1.29 is 9.90 Å². The molecule has 5 rings (SSSR count). The van der Waals surface area contributed by atoms with Crippen molar-refractivity contribution in [2.75, 3.05) is 13.1 Å². The summed E-state index contributed by atoms with van der Waals surface area (Å²) in [5.74, 6) is 0.405. The third kappa shape index (κ3) is 3.57. The molecule has 2 aromatic rings. The summed E-state index contributed by atoms with van der Waals surface area (Å²) in [5, 5.41) is 13.2. The zero-order valence-electron chi connectivity index (χ0n) is 17.0. The number of fused-ring (bicyclic) bond motifs is 3. The van der Waals surface area contributed by atoms with Crippen LogP contribution < -0.4 is 11.0 Å². The normalized spacial score (nSPS) is 21.6. The number of rotatable bonds is 5. The molecule has 0 bridgehead atoms. The van der Waals surface area contributed by atoms with Crippen LogP contribution in [0.1, 0.15) is 42.0 Å². The molecule has 0 aromatic heterocycles. The molecule has 1 fully saturated rings. The van der Waals surface area contributed by atoms with Crippen LogP contribution in [0.3, 0.4) is 0 Å². The minimum absolute atomic E-state index is 0.107. The highest BCUT2D eigenvalue weighted by Gasteiger charge is 2.39. The van der Waals surface area contributed by atoms with Gasteiger partial charge in [0.05, 0.1) is 24.3 Å². The van der Waals surface area contributed by atoms with Gasteiger partial charge in [0.1, 0.15) is 0 Å². The van der Waals surface area contributed by atoms with Crippen LogP contribution in [0.25, 0.3) is 5.70 Å². The second-order valence-corrected chi connectivity index (χ2v) is 8.44. The Morgan fingerprint density at radius 3 is 2.60 bits per heavy atom. The number of carbonyl (C=O) groups excluding carboxylic acids is 1. The molecule has 2 aromatic carbocycles. The third-order valence-electron chi connectivity index (χ3n) is 6.66. The number of hydrogen-bond acceptors (Lipinski definition) is 5. The van der Waals surface area contributed by atoms with Gasteiger partial charge in [-0.2, -0.15) is 0 Å². The standard InChI is InChI=1S/C24H28N4O2/c29-23(15-21-19-8-4-5-9-20(19)22-16-25-26-28(21)22)18-10-12-27(13-11-18)24(30)14-17-6-2-1-3-7-17/h1-9,16,18,21,23,25-26,29H,10-15H2. The zero-order valence-corrected chi connectivity index (χ0v) is 17.0. The summed E-state index contributed by atoms with van der Waals surface area (Å²) in [7, 11) is 0. The van der Waals surface area contributed by atoms with Gasteiger partial charge in [-0.05, 0) is 36.3 Å². The molecule has 2 unspecified atom stereocenters. The monoisotopic (exact) mass is 404 g/mol. The van der Waals surface area contributed by atoms with Crippen molar-refractivity contribution in [3.8, 4) is 0 Å². The molecule has 30 heavy (non-hydrogen) atoms. The molecule has 0 saturated carbocycles. The molecule has 0 aliphatic carbocycles. The van der Waals surface area contributed by atoms with Crippen LogP contribution in [0.2, 0.25) is 0 Å². The van der Waals surface area contributed by atoms with Crippen molar-refractivity contribution in [2.45, 2.75) is 37.8 Å². The Balaban J connectivity index is 1.18. The number of hydrogen-bond donors (Lipinski definition) is 3. The highest BCUT2D eigenvalue weighted by Crippen LogP contribution is 2.44. The molecule has 6 heteroatoms. The van der Waals surface area contributed by atoms with Gasteiger partial charge >= 0.3 is 0 Å². The van der Waals surface area contributed by atoms with E-state index in [0.717, 1.165) is 37.2 Å². The first kappa shape index (κ1) is 19.2. The first-order valence-electron chi connectivity index (χ1n) is 10.8. The predicted molar refractivity (Wildman–Crippen MR) is 115 cm³/mol. The fraction of sp³-hybridized carbons (Fsp3) is 0.375. The van der Waals surface area contributed by atoms with Crippen LogP contribution in [0, 0.1) is 5.92 Å². The predicted octanol–water partition coefficient (Wildman–Crippen LogP) is 2.60. The number of aliphatic hydroxyl groups is 1. The third-order valence-corrected chi connectivity index (χ3v) is 6.66. The van der Waals surface area contributed by atoms with Crippen molar-refractivity contribution in [1.82, 2.24) is 20.9 Å². The van der Waals surface area contributed by atoms with E-state index in [0.29, 0.717) is 12.8 Å². The van der Waals surface area contributed by atoms with E-state index in [2.05, 4.69) is 40.2 Å². The first-order chi connectivity index (χ1) is 14.7. The van der Waals surface area contributed by atoms with Gasteiger partial charge in [0.2, 0.25) is 5.91 Å². The van der Waals surface area contributed by atoms with Crippen LogP contribution in [-0.2, 0) is 11.2 Å². The van der Waals surface area contributed by atoms with Crippen molar-refractivity contribution in [1.29, 1.82) is 0 Å². The number of carbonyl (C=O) groups is 1. The Morgan fingerprint density at radius 1 is 1.07 bits per heavy atom. The Bertz CT molecular complexity index is 937. The molecule has 3 N–H and O–H groups in total. The smallest absolute Gasteiger partial charge is 0.226 e. The molecule has 1 amide bonds. The average molecular weight is 405 g/mol. The molecule has 1 saturated heterocycles. The minimum atomic E-state index is -0.392. The molecule has 0 radical (unpaired) electrons. The maximum absolute atomic E-state index is 12.6. The molecular formula is C24H28N4O2. The van der Waals surface area contributed by atoms with Gasteiger partial charge in [0.15, 0.2) is 0 Å². The Hall–Kier alpha value is -2.83. The highest BCUT2D eigenvalue weighted by atomic mass is 16.3. The van der Waals surface area contributed by atoms with E-state index in [4.69, 9.17) is 0 Å². The summed E-state index contributed by atoms with van der Waals surface area (Å²) in [6, 6.07) is 18.4. The van der Waals surface area contributed by atoms with Crippen LogP contribution >= 0.6 is 0 Å². The molecular weight excluding hydrogens is 376 g/mol. The zero-order chi connectivity index (χ0) is 20.5. The van der Waals surface area contributed by atoms with E-state index >= 15 is 0 Å². The van der Waals surface area contributed by atoms with E-state index in [1.165, 1.54) is 11.1 Å². The number of amides is 1. The lowest BCUT2D eigenvalue weighted by atomic mass is 9.86. The Morgan fingerprint density at radius 2 is 1.80 bits per heavy atom. The van der Waals surface area contributed by atoms with Crippen molar-refractivity contribution in [2.24, 2.45) is 5.92 Å². The first-order valence-corrected chi connectivity index (χ1v) is 10.8. The van der Waals surface area contributed by atoms with E-state index < -0.39 is 6.10 Å². The summed E-state index contributed by atoms with van der Waals surface area (Å²) in [6.07, 6.45) is 4.41. The molecule has 156 valence electrons. The van der Waals surface area contributed by atoms with E-state index in [1.807, 2.05) is 41.4 Å². The van der Waals surface area contributed by atoms with Gasteiger partial charge in [-0.1, -0.05) is 54.6 Å².